The second kappa shape index (κ2) is 8.78. The van der Waals surface area contributed by atoms with E-state index in [4.69, 9.17) is 9.47 Å². The van der Waals surface area contributed by atoms with Crippen LogP contribution in [0.15, 0.2) is 78.9 Å². The van der Waals surface area contributed by atoms with Gasteiger partial charge in [0.2, 0.25) is 0 Å². The smallest absolute Gasteiger partial charge is 0.158 e. The van der Waals surface area contributed by atoms with Crippen molar-refractivity contribution in [3.8, 4) is 22.6 Å². The summed E-state index contributed by atoms with van der Waals surface area (Å²) in [4.78, 5) is 11.9. The molecular formula is C26H24O3. The van der Waals surface area contributed by atoms with E-state index in [2.05, 4.69) is 24.3 Å². The van der Waals surface area contributed by atoms with Gasteiger partial charge in [-0.15, -0.1) is 0 Å². The standard InChI is InChI=1S/C26H24O3/c1-28-26-16-8-19(7-15-25(27)22-9-10-22)17-23(26)18-29-24-13-11-21(12-14-24)20-5-3-2-4-6-20/h2-8,11-17,22H,9-10,18H2,1H3/b15-7+. The van der Waals surface area contributed by atoms with E-state index in [1.165, 1.54) is 5.56 Å². The second-order valence-electron chi connectivity index (χ2n) is 7.26. The predicted octanol–water partition coefficient (Wildman–Crippen LogP) is 5.93. The van der Waals surface area contributed by atoms with E-state index < -0.39 is 0 Å². The Labute approximate surface area is 171 Å². The fraction of sp³-hybridized carbons (Fsp3) is 0.192. The van der Waals surface area contributed by atoms with Crippen molar-refractivity contribution >= 4 is 11.9 Å². The van der Waals surface area contributed by atoms with Crippen LogP contribution in [-0.4, -0.2) is 12.9 Å². The molecule has 0 amide bonds. The van der Waals surface area contributed by atoms with Crippen LogP contribution >= 0.6 is 0 Å². The van der Waals surface area contributed by atoms with Crippen molar-refractivity contribution in [1.29, 1.82) is 0 Å². The average molecular weight is 384 g/mol. The minimum absolute atomic E-state index is 0.220. The Morgan fingerprint density at radius 3 is 2.38 bits per heavy atom. The lowest BCUT2D eigenvalue weighted by molar-refractivity contribution is -0.115. The lowest BCUT2D eigenvalue weighted by Gasteiger charge is -2.12. The van der Waals surface area contributed by atoms with Crippen LogP contribution in [0.1, 0.15) is 24.0 Å². The molecule has 3 heteroatoms. The van der Waals surface area contributed by atoms with E-state index in [-0.39, 0.29) is 11.7 Å². The molecule has 1 fully saturated rings. The molecule has 0 radical (unpaired) electrons. The van der Waals surface area contributed by atoms with Crippen LogP contribution < -0.4 is 9.47 Å². The third-order valence-corrected chi connectivity index (χ3v) is 5.08. The second-order valence-corrected chi connectivity index (χ2v) is 7.26. The summed E-state index contributed by atoms with van der Waals surface area (Å²) < 4.78 is 11.5. The molecule has 0 spiro atoms. The normalized spacial score (nSPS) is 13.4. The predicted molar refractivity (Wildman–Crippen MR) is 116 cm³/mol. The van der Waals surface area contributed by atoms with Gasteiger partial charge in [0, 0.05) is 11.5 Å². The number of ketones is 1. The van der Waals surface area contributed by atoms with Gasteiger partial charge in [-0.25, -0.2) is 0 Å². The molecule has 146 valence electrons. The van der Waals surface area contributed by atoms with Crippen LogP contribution in [0.3, 0.4) is 0 Å². The molecule has 0 N–H and O–H groups in total. The van der Waals surface area contributed by atoms with Crippen molar-refractivity contribution in [1.82, 2.24) is 0 Å². The fourth-order valence-electron chi connectivity index (χ4n) is 3.23. The first-order valence-electron chi connectivity index (χ1n) is 9.90. The molecule has 0 saturated heterocycles. The quantitative estimate of drug-likeness (QED) is 0.451. The van der Waals surface area contributed by atoms with Gasteiger partial charge in [0.25, 0.3) is 0 Å². The van der Waals surface area contributed by atoms with Crippen molar-refractivity contribution in [3.05, 3.63) is 90.0 Å². The van der Waals surface area contributed by atoms with E-state index >= 15 is 0 Å². The summed E-state index contributed by atoms with van der Waals surface area (Å²) in [7, 11) is 1.65. The number of methoxy groups -OCH3 is 1. The average Bonchev–Trinajstić information content (AvgIpc) is 3.62. The number of hydrogen-bond acceptors (Lipinski definition) is 3. The van der Waals surface area contributed by atoms with Crippen LogP contribution in [0.4, 0.5) is 0 Å². The maximum atomic E-state index is 11.9. The number of allylic oxidation sites excluding steroid dienone is 1. The summed E-state index contributed by atoms with van der Waals surface area (Å²) in [6.07, 6.45) is 5.60. The Hall–Kier alpha value is -3.33. The van der Waals surface area contributed by atoms with Gasteiger partial charge in [-0.1, -0.05) is 54.6 Å². The SMILES string of the molecule is COc1ccc(/C=C/C(=O)C2CC2)cc1COc1ccc(-c2ccccc2)cc1. The fourth-order valence-corrected chi connectivity index (χ4v) is 3.23. The van der Waals surface area contributed by atoms with Crippen molar-refractivity contribution < 1.29 is 14.3 Å². The van der Waals surface area contributed by atoms with Crippen molar-refractivity contribution in [3.63, 3.8) is 0 Å². The van der Waals surface area contributed by atoms with Gasteiger partial charge in [0.05, 0.1) is 7.11 Å². The highest BCUT2D eigenvalue weighted by atomic mass is 16.5. The zero-order valence-corrected chi connectivity index (χ0v) is 16.5. The highest BCUT2D eigenvalue weighted by Gasteiger charge is 2.27. The van der Waals surface area contributed by atoms with Gasteiger partial charge >= 0.3 is 0 Å². The summed E-state index contributed by atoms with van der Waals surface area (Å²) in [6, 6.07) is 24.2. The Bertz CT molecular complexity index is 1000. The molecule has 29 heavy (non-hydrogen) atoms. The first-order chi connectivity index (χ1) is 14.2. The lowest BCUT2D eigenvalue weighted by atomic mass is 10.1. The summed E-state index contributed by atoms with van der Waals surface area (Å²) in [6.45, 7) is 0.395. The maximum absolute atomic E-state index is 11.9. The molecule has 3 aromatic rings. The molecule has 4 rings (SSSR count). The van der Waals surface area contributed by atoms with Crippen LogP contribution in [-0.2, 0) is 11.4 Å². The molecule has 3 aromatic carbocycles. The van der Waals surface area contributed by atoms with Gasteiger partial charge in [0.1, 0.15) is 18.1 Å². The summed E-state index contributed by atoms with van der Waals surface area (Å²) in [5.74, 6) is 2.04. The molecule has 0 atom stereocenters. The number of rotatable bonds is 8. The molecule has 1 aliphatic carbocycles. The number of carbonyl (C=O) groups is 1. The Kier molecular flexibility index (Phi) is 5.76. The van der Waals surface area contributed by atoms with Gasteiger partial charge in [-0.3, -0.25) is 4.79 Å². The minimum atomic E-state index is 0.220. The molecule has 3 nitrogen and oxygen atoms in total. The van der Waals surface area contributed by atoms with Crippen LogP contribution in [0.2, 0.25) is 0 Å². The largest absolute Gasteiger partial charge is 0.496 e. The minimum Gasteiger partial charge on any atom is -0.496 e. The van der Waals surface area contributed by atoms with Gasteiger partial charge in [-0.2, -0.15) is 0 Å². The molecule has 0 aliphatic heterocycles. The van der Waals surface area contributed by atoms with E-state index in [0.29, 0.717) is 6.61 Å². The van der Waals surface area contributed by atoms with E-state index in [9.17, 15) is 4.79 Å². The number of benzene rings is 3. The van der Waals surface area contributed by atoms with Gasteiger partial charge in [-0.05, 0) is 59.9 Å². The number of hydrogen-bond donors (Lipinski definition) is 0. The third-order valence-electron chi connectivity index (χ3n) is 5.08. The molecule has 0 heterocycles. The third kappa shape index (κ3) is 4.94. The zero-order valence-electron chi connectivity index (χ0n) is 16.5. The van der Waals surface area contributed by atoms with E-state index in [0.717, 1.165) is 41.0 Å². The van der Waals surface area contributed by atoms with Crippen LogP contribution in [0.25, 0.3) is 17.2 Å². The highest BCUT2D eigenvalue weighted by molar-refractivity contribution is 5.96. The van der Waals surface area contributed by atoms with E-state index in [1.54, 1.807) is 13.2 Å². The van der Waals surface area contributed by atoms with Crippen LogP contribution in [0, 0.1) is 5.92 Å². The van der Waals surface area contributed by atoms with Crippen LogP contribution in [0.5, 0.6) is 11.5 Å². The topological polar surface area (TPSA) is 35.5 Å². The number of carbonyl (C=O) groups excluding carboxylic acids is 1. The monoisotopic (exact) mass is 384 g/mol. The Balaban J connectivity index is 1.44. The number of ether oxygens (including phenoxy) is 2. The van der Waals surface area contributed by atoms with Gasteiger partial charge in [0.15, 0.2) is 5.78 Å². The molecule has 0 unspecified atom stereocenters. The maximum Gasteiger partial charge on any atom is 0.158 e. The Morgan fingerprint density at radius 1 is 0.966 bits per heavy atom. The summed E-state index contributed by atoms with van der Waals surface area (Å²) in [5.41, 5.74) is 4.25. The van der Waals surface area contributed by atoms with Crippen molar-refractivity contribution in [2.24, 2.45) is 5.92 Å². The van der Waals surface area contributed by atoms with Crippen molar-refractivity contribution in [2.45, 2.75) is 19.4 Å². The highest BCUT2D eigenvalue weighted by Crippen LogP contribution is 2.30. The van der Waals surface area contributed by atoms with Gasteiger partial charge < -0.3 is 9.47 Å². The molecule has 0 bridgehead atoms. The lowest BCUT2D eigenvalue weighted by Crippen LogP contribution is -1.99. The molecule has 1 saturated carbocycles. The summed E-state index contributed by atoms with van der Waals surface area (Å²) in [5, 5.41) is 0. The van der Waals surface area contributed by atoms with Crippen molar-refractivity contribution in [2.75, 3.05) is 7.11 Å². The first kappa shape index (κ1) is 19.0. The molecule has 0 aromatic heterocycles. The van der Waals surface area contributed by atoms with E-state index in [1.807, 2.05) is 54.6 Å². The summed E-state index contributed by atoms with van der Waals surface area (Å²) >= 11 is 0. The zero-order chi connectivity index (χ0) is 20.1. The first-order valence-corrected chi connectivity index (χ1v) is 9.90. The molecular weight excluding hydrogens is 360 g/mol. The molecule has 1 aliphatic rings. The Morgan fingerprint density at radius 2 is 1.69 bits per heavy atom.